The van der Waals surface area contributed by atoms with Crippen molar-refractivity contribution < 1.29 is 9.53 Å². The summed E-state index contributed by atoms with van der Waals surface area (Å²) >= 11 is 1.49. The summed E-state index contributed by atoms with van der Waals surface area (Å²) in [7, 11) is 0. The maximum absolute atomic E-state index is 12.4. The molecule has 6 nitrogen and oxygen atoms in total. The number of carbonyl (C=O) groups excluding carboxylic acids is 1. The number of carbonyl (C=O) groups is 1. The van der Waals surface area contributed by atoms with Gasteiger partial charge < -0.3 is 10.1 Å². The number of unbranched alkanes of at least 4 members (excludes halogenated alkanes) is 1. The van der Waals surface area contributed by atoms with Gasteiger partial charge in [0.15, 0.2) is 0 Å². The molecule has 2 heterocycles. The van der Waals surface area contributed by atoms with E-state index in [0.717, 1.165) is 34.2 Å². The number of benzene rings is 2. The number of nitrogens with one attached hydrogen (secondary N) is 1. The lowest BCUT2D eigenvalue weighted by molar-refractivity contribution is -0.138. The molecule has 1 aromatic heterocycles. The molecule has 1 aliphatic rings. The van der Waals surface area contributed by atoms with Crippen LogP contribution in [0.25, 0.3) is 20.8 Å². The number of hydrogen-bond donors (Lipinski definition) is 1. The minimum atomic E-state index is -0.619. The van der Waals surface area contributed by atoms with E-state index in [0.29, 0.717) is 23.3 Å². The van der Waals surface area contributed by atoms with Gasteiger partial charge in [0, 0.05) is 5.56 Å². The predicted octanol–water partition coefficient (Wildman–Crippen LogP) is 4.91. The Labute approximate surface area is 172 Å². The van der Waals surface area contributed by atoms with E-state index in [9.17, 15) is 4.79 Å². The number of para-hydroxylation sites is 1. The van der Waals surface area contributed by atoms with E-state index in [1.165, 1.54) is 11.3 Å². The van der Waals surface area contributed by atoms with Crippen molar-refractivity contribution in [3.05, 3.63) is 76.8 Å². The lowest BCUT2D eigenvalue weighted by atomic mass is 10.1. The van der Waals surface area contributed by atoms with Gasteiger partial charge in [-0.25, -0.2) is 14.8 Å². The van der Waals surface area contributed by atoms with Crippen molar-refractivity contribution in [2.75, 3.05) is 6.61 Å². The molecule has 29 heavy (non-hydrogen) atoms. The molecular formula is C22H18N4O2S. The average molecular weight is 402 g/mol. The van der Waals surface area contributed by atoms with Crippen LogP contribution in [0.3, 0.4) is 0 Å². The van der Waals surface area contributed by atoms with Crippen LogP contribution in [-0.2, 0) is 9.53 Å². The SMILES string of the molecule is [C-]#[N+]/C(C(=O)OCCCC)=C1/NC(=Nc2nc3ccccc3s2)c2ccccc21. The zero-order chi connectivity index (χ0) is 20.2. The first-order chi connectivity index (χ1) is 14.2. The fraction of sp³-hybridized carbons (Fsp3) is 0.182. The summed E-state index contributed by atoms with van der Waals surface area (Å²) in [5.74, 6) is -0.0517. The molecule has 4 rings (SSSR count). The molecule has 0 saturated carbocycles. The molecule has 1 aliphatic heterocycles. The van der Waals surface area contributed by atoms with Gasteiger partial charge in [-0.15, -0.1) is 0 Å². The summed E-state index contributed by atoms with van der Waals surface area (Å²) in [5.41, 5.74) is 2.83. The third-order valence-electron chi connectivity index (χ3n) is 4.46. The highest BCUT2D eigenvalue weighted by Crippen LogP contribution is 2.32. The molecule has 0 radical (unpaired) electrons. The molecule has 144 valence electrons. The molecule has 0 unspecified atom stereocenters. The summed E-state index contributed by atoms with van der Waals surface area (Å²) in [6.45, 7) is 9.83. The number of nitrogens with zero attached hydrogens (tertiary/aromatic N) is 3. The lowest BCUT2D eigenvalue weighted by Gasteiger charge is -2.06. The first kappa shape index (κ1) is 18.8. The number of ether oxygens (including phenoxy) is 1. The molecule has 7 heteroatoms. The van der Waals surface area contributed by atoms with Crippen molar-refractivity contribution >= 4 is 44.2 Å². The van der Waals surface area contributed by atoms with Gasteiger partial charge in [0.25, 0.3) is 5.70 Å². The molecule has 0 fully saturated rings. The van der Waals surface area contributed by atoms with Gasteiger partial charge in [0.05, 0.1) is 29.1 Å². The van der Waals surface area contributed by atoms with Gasteiger partial charge >= 0.3 is 5.97 Å². The maximum atomic E-state index is 12.4. The number of aromatic nitrogens is 1. The van der Waals surface area contributed by atoms with Crippen molar-refractivity contribution in [2.24, 2.45) is 4.99 Å². The second-order valence-electron chi connectivity index (χ2n) is 6.42. The van der Waals surface area contributed by atoms with E-state index in [1.807, 2.05) is 55.5 Å². The van der Waals surface area contributed by atoms with Crippen molar-refractivity contribution in [1.82, 2.24) is 10.3 Å². The summed E-state index contributed by atoms with van der Waals surface area (Å²) < 4.78 is 6.31. The van der Waals surface area contributed by atoms with E-state index in [1.54, 1.807) is 0 Å². The average Bonchev–Trinajstić information content (AvgIpc) is 3.31. The van der Waals surface area contributed by atoms with Gasteiger partial charge in [-0.1, -0.05) is 61.1 Å². The molecule has 0 bridgehead atoms. The second-order valence-corrected chi connectivity index (χ2v) is 7.43. The minimum absolute atomic E-state index is 0.0666. The van der Waals surface area contributed by atoms with Gasteiger partial charge in [-0.2, -0.15) is 0 Å². The molecule has 3 aromatic rings. The van der Waals surface area contributed by atoms with Crippen molar-refractivity contribution in [3.63, 3.8) is 0 Å². The molecule has 0 atom stereocenters. The Morgan fingerprint density at radius 3 is 2.72 bits per heavy atom. The smallest absolute Gasteiger partial charge is 0.338 e. The fourth-order valence-corrected chi connectivity index (χ4v) is 3.86. The number of amidine groups is 1. The van der Waals surface area contributed by atoms with Crippen LogP contribution in [0.1, 0.15) is 30.9 Å². The Balaban J connectivity index is 1.73. The van der Waals surface area contributed by atoms with E-state index in [-0.39, 0.29) is 5.70 Å². The van der Waals surface area contributed by atoms with Crippen LogP contribution in [0.5, 0.6) is 0 Å². The molecule has 0 spiro atoms. The third-order valence-corrected chi connectivity index (χ3v) is 5.39. The quantitative estimate of drug-likeness (QED) is 0.285. The van der Waals surface area contributed by atoms with E-state index >= 15 is 0 Å². The first-order valence-electron chi connectivity index (χ1n) is 9.31. The Hall–Kier alpha value is -3.50. The van der Waals surface area contributed by atoms with E-state index in [4.69, 9.17) is 11.3 Å². The Morgan fingerprint density at radius 1 is 1.21 bits per heavy atom. The van der Waals surface area contributed by atoms with Gasteiger partial charge in [0.1, 0.15) is 5.84 Å². The van der Waals surface area contributed by atoms with Crippen LogP contribution in [0, 0.1) is 6.57 Å². The van der Waals surface area contributed by atoms with Crippen molar-refractivity contribution in [3.8, 4) is 0 Å². The van der Waals surface area contributed by atoms with Gasteiger partial charge in [-0.05, 0) is 24.1 Å². The molecule has 0 saturated heterocycles. The highest BCUT2D eigenvalue weighted by atomic mass is 32.1. The molecule has 0 amide bonds. The molecular weight excluding hydrogens is 384 g/mol. The normalized spacial score (nSPS) is 15.7. The number of esters is 1. The molecule has 2 aromatic carbocycles. The standard InChI is InChI=1S/C22H18N4O2S/c1-3-4-13-28-21(27)19(23-2)18-14-9-5-6-10-15(14)20(25-18)26-22-24-16-11-7-8-12-17(16)29-22/h5-12H,3-4,13H2,1H3,(H,24,25,26)/b19-18+. The minimum Gasteiger partial charge on any atom is -0.471 e. The number of hydrogen-bond acceptors (Lipinski definition) is 5. The molecule has 1 N–H and O–H groups in total. The van der Waals surface area contributed by atoms with E-state index < -0.39 is 5.97 Å². The highest BCUT2D eigenvalue weighted by molar-refractivity contribution is 7.22. The van der Waals surface area contributed by atoms with Crippen LogP contribution >= 0.6 is 11.3 Å². The van der Waals surface area contributed by atoms with Crippen LogP contribution in [0.4, 0.5) is 5.13 Å². The summed E-state index contributed by atoms with van der Waals surface area (Å²) in [4.78, 5) is 25.1. The third kappa shape index (κ3) is 3.75. The summed E-state index contributed by atoms with van der Waals surface area (Å²) in [6, 6.07) is 15.4. The van der Waals surface area contributed by atoms with Gasteiger partial charge in [-0.3, -0.25) is 4.79 Å². The van der Waals surface area contributed by atoms with Crippen LogP contribution < -0.4 is 5.32 Å². The summed E-state index contributed by atoms with van der Waals surface area (Å²) in [6.07, 6.45) is 1.68. The number of rotatable bonds is 5. The van der Waals surface area contributed by atoms with Crippen LogP contribution in [0.15, 0.2) is 59.2 Å². The second kappa shape index (κ2) is 8.25. The topological polar surface area (TPSA) is 67.9 Å². The maximum Gasteiger partial charge on any atom is 0.338 e. The number of fused-ring (bicyclic) bond motifs is 2. The zero-order valence-corrected chi connectivity index (χ0v) is 16.6. The first-order valence-corrected chi connectivity index (χ1v) is 10.1. The predicted molar refractivity (Wildman–Crippen MR) is 115 cm³/mol. The fourth-order valence-electron chi connectivity index (χ4n) is 3.02. The van der Waals surface area contributed by atoms with Crippen LogP contribution in [0.2, 0.25) is 0 Å². The lowest BCUT2D eigenvalue weighted by Crippen LogP contribution is -2.17. The molecule has 0 aliphatic carbocycles. The Bertz CT molecular complexity index is 1150. The van der Waals surface area contributed by atoms with Crippen LogP contribution in [-0.4, -0.2) is 23.4 Å². The van der Waals surface area contributed by atoms with E-state index in [2.05, 4.69) is 20.1 Å². The number of aliphatic imine (C=N–C) groups is 1. The monoisotopic (exact) mass is 402 g/mol. The Morgan fingerprint density at radius 2 is 1.97 bits per heavy atom. The Kier molecular flexibility index (Phi) is 5.36. The number of thiazole rings is 1. The van der Waals surface area contributed by atoms with Crippen molar-refractivity contribution in [2.45, 2.75) is 19.8 Å². The summed E-state index contributed by atoms with van der Waals surface area (Å²) in [5, 5.41) is 3.76. The largest absolute Gasteiger partial charge is 0.471 e. The highest BCUT2D eigenvalue weighted by Gasteiger charge is 2.28. The van der Waals surface area contributed by atoms with Gasteiger partial charge in [0.2, 0.25) is 5.13 Å². The zero-order valence-electron chi connectivity index (χ0n) is 15.8. The van der Waals surface area contributed by atoms with Crippen molar-refractivity contribution in [1.29, 1.82) is 0 Å².